The number of nitrogens with zero attached hydrogens (tertiary/aromatic N) is 2. The molecule has 0 saturated heterocycles. The summed E-state index contributed by atoms with van der Waals surface area (Å²) >= 11 is 13.7. The van der Waals surface area contributed by atoms with Gasteiger partial charge in [-0.25, -0.2) is 9.97 Å². The lowest BCUT2D eigenvalue weighted by atomic mass is 10.3. The molecule has 2 heterocycles. The van der Waals surface area contributed by atoms with E-state index in [1.807, 2.05) is 13.0 Å². The molecule has 0 N–H and O–H groups in total. The minimum Gasteiger partial charge on any atom is -0.220 e. The lowest BCUT2D eigenvalue weighted by Gasteiger charge is -2.01. The van der Waals surface area contributed by atoms with E-state index >= 15 is 0 Å². The van der Waals surface area contributed by atoms with E-state index in [9.17, 15) is 0 Å². The van der Waals surface area contributed by atoms with Crippen molar-refractivity contribution in [3.05, 3.63) is 21.9 Å². The van der Waals surface area contributed by atoms with Crippen LogP contribution in [0.3, 0.4) is 0 Å². The summed E-state index contributed by atoms with van der Waals surface area (Å²) < 4.78 is 0. The van der Waals surface area contributed by atoms with Crippen LogP contribution in [0.4, 0.5) is 0 Å². The maximum atomic E-state index is 6.07. The lowest BCUT2D eigenvalue weighted by Crippen LogP contribution is -1.94. The number of aromatic nitrogens is 2. The van der Waals surface area contributed by atoms with Gasteiger partial charge in [-0.2, -0.15) is 0 Å². The molecule has 0 aliphatic heterocycles. The fraction of sp³-hybridized carbons (Fsp3) is 0.400. The minimum atomic E-state index is -0.209. The fourth-order valence-corrected chi connectivity index (χ4v) is 2.66. The van der Waals surface area contributed by atoms with Crippen LogP contribution in [0.5, 0.6) is 0 Å². The summed E-state index contributed by atoms with van der Waals surface area (Å²) in [5.41, 5.74) is 0. The van der Waals surface area contributed by atoms with Gasteiger partial charge >= 0.3 is 0 Å². The van der Waals surface area contributed by atoms with E-state index in [1.165, 1.54) is 4.88 Å². The number of halogens is 2. The van der Waals surface area contributed by atoms with Gasteiger partial charge in [0.1, 0.15) is 15.8 Å². The number of rotatable bonds is 2. The van der Waals surface area contributed by atoms with Crippen LogP contribution in [0.1, 0.15) is 29.9 Å². The van der Waals surface area contributed by atoms with Gasteiger partial charge in [-0.3, -0.25) is 0 Å². The van der Waals surface area contributed by atoms with Crippen LogP contribution in [-0.2, 0) is 6.42 Å². The molecule has 2 rings (SSSR count). The maximum absolute atomic E-state index is 6.07. The van der Waals surface area contributed by atoms with E-state index in [2.05, 4.69) is 16.9 Å². The zero-order chi connectivity index (χ0) is 11.0. The summed E-state index contributed by atoms with van der Waals surface area (Å²) in [7, 11) is 0. The molecule has 0 aliphatic carbocycles. The highest BCUT2D eigenvalue weighted by atomic mass is 35.5. The van der Waals surface area contributed by atoms with Crippen LogP contribution in [0.15, 0.2) is 6.07 Å². The quantitative estimate of drug-likeness (QED) is 0.597. The molecule has 0 radical (unpaired) electrons. The largest absolute Gasteiger partial charge is 0.220 e. The van der Waals surface area contributed by atoms with E-state index in [1.54, 1.807) is 11.3 Å². The summed E-state index contributed by atoms with van der Waals surface area (Å²) in [4.78, 5) is 10.8. The third-order valence-corrected chi connectivity index (χ3v) is 3.78. The highest BCUT2D eigenvalue weighted by molar-refractivity contribution is 7.18. The van der Waals surface area contributed by atoms with E-state index in [-0.39, 0.29) is 5.38 Å². The number of thiophene rings is 1. The van der Waals surface area contributed by atoms with Crippen molar-refractivity contribution in [3.8, 4) is 0 Å². The highest BCUT2D eigenvalue weighted by Crippen LogP contribution is 2.30. The van der Waals surface area contributed by atoms with Crippen molar-refractivity contribution < 1.29 is 0 Å². The average Bonchev–Trinajstić information content (AvgIpc) is 2.61. The molecule has 0 fully saturated rings. The number of alkyl halides is 1. The molecule has 2 nitrogen and oxygen atoms in total. The van der Waals surface area contributed by atoms with Gasteiger partial charge in [-0.15, -0.1) is 22.9 Å². The fourth-order valence-electron chi connectivity index (χ4n) is 1.30. The number of aryl methyl sites for hydroxylation is 1. The van der Waals surface area contributed by atoms with Gasteiger partial charge in [0.05, 0.1) is 5.38 Å². The maximum Gasteiger partial charge on any atom is 0.149 e. The second kappa shape index (κ2) is 4.24. The van der Waals surface area contributed by atoms with Gasteiger partial charge in [0.15, 0.2) is 0 Å². The first-order valence-electron chi connectivity index (χ1n) is 4.71. The topological polar surface area (TPSA) is 25.8 Å². The summed E-state index contributed by atoms with van der Waals surface area (Å²) in [6, 6.07) is 2.05. The second-order valence-electron chi connectivity index (χ2n) is 3.27. The predicted molar refractivity (Wildman–Crippen MR) is 66.1 cm³/mol. The second-order valence-corrected chi connectivity index (χ2v) is 5.40. The van der Waals surface area contributed by atoms with Gasteiger partial charge in [-0.1, -0.05) is 18.5 Å². The molecule has 1 atom stereocenters. The molecule has 0 aliphatic rings. The van der Waals surface area contributed by atoms with E-state index in [4.69, 9.17) is 23.2 Å². The predicted octanol–water partition coefficient (Wildman–Crippen LogP) is 4.21. The molecule has 1 unspecified atom stereocenters. The van der Waals surface area contributed by atoms with Crippen LogP contribution in [0.2, 0.25) is 5.15 Å². The molecule has 2 aromatic rings. The van der Waals surface area contributed by atoms with Gasteiger partial charge in [0, 0.05) is 10.3 Å². The zero-order valence-electron chi connectivity index (χ0n) is 8.42. The van der Waals surface area contributed by atoms with Crippen molar-refractivity contribution in [2.45, 2.75) is 25.6 Å². The number of hydrogen-bond donors (Lipinski definition) is 0. The Balaban J connectivity index is 2.65. The van der Waals surface area contributed by atoms with Gasteiger partial charge in [-0.05, 0) is 19.4 Å². The summed E-state index contributed by atoms with van der Waals surface area (Å²) in [5, 5.41) is 1.22. The normalized spacial score (nSPS) is 13.3. The molecule has 15 heavy (non-hydrogen) atoms. The molecule has 0 amide bonds. The summed E-state index contributed by atoms with van der Waals surface area (Å²) in [5.74, 6) is 0.596. The Morgan fingerprint density at radius 3 is 2.80 bits per heavy atom. The van der Waals surface area contributed by atoms with Crippen molar-refractivity contribution in [1.29, 1.82) is 0 Å². The molecule has 0 bridgehead atoms. The minimum absolute atomic E-state index is 0.209. The van der Waals surface area contributed by atoms with Crippen LogP contribution in [-0.4, -0.2) is 9.97 Å². The van der Waals surface area contributed by atoms with Crippen LogP contribution < -0.4 is 0 Å². The summed E-state index contributed by atoms with van der Waals surface area (Å²) in [6.07, 6.45) is 0.989. The van der Waals surface area contributed by atoms with Gasteiger partial charge in [0.25, 0.3) is 0 Å². The standard InChI is InChI=1S/C10H10Cl2N2S/c1-3-6-4-7-8(12)13-9(5(2)11)14-10(7)15-6/h4-5H,3H2,1-2H3. The van der Waals surface area contributed by atoms with Gasteiger partial charge in [0.2, 0.25) is 0 Å². The first-order chi connectivity index (χ1) is 7.11. The summed E-state index contributed by atoms with van der Waals surface area (Å²) in [6.45, 7) is 3.95. The average molecular weight is 261 g/mol. The molecular weight excluding hydrogens is 251 g/mol. The Morgan fingerprint density at radius 1 is 1.47 bits per heavy atom. The van der Waals surface area contributed by atoms with Crippen LogP contribution >= 0.6 is 34.5 Å². The third-order valence-electron chi connectivity index (χ3n) is 2.12. The first kappa shape index (κ1) is 11.1. The Morgan fingerprint density at radius 2 is 2.20 bits per heavy atom. The van der Waals surface area contributed by atoms with E-state index in [0.717, 1.165) is 16.6 Å². The molecule has 0 spiro atoms. The monoisotopic (exact) mass is 260 g/mol. The molecule has 2 aromatic heterocycles. The number of fused-ring (bicyclic) bond motifs is 1. The smallest absolute Gasteiger partial charge is 0.149 e. The Hall–Kier alpha value is -0.380. The SMILES string of the molecule is CCc1cc2c(Cl)nc(C(C)Cl)nc2s1. The Kier molecular flexibility index (Phi) is 3.14. The molecule has 80 valence electrons. The van der Waals surface area contributed by atoms with Crippen molar-refractivity contribution in [1.82, 2.24) is 9.97 Å². The van der Waals surface area contributed by atoms with Crippen molar-refractivity contribution in [3.63, 3.8) is 0 Å². The van der Waals surface area contributed by atoms with Crippen LogP contribution in [0, 0.1) is 0 Å². The third kappa shape index (κ3) is 2.10. The van der Waals surface area contributed by atoms with Gasteiger partial charge < -0.3 is 0 Å². The molecule has 0 saturated carbocycles. The highest BCUT2D eigenvalue weighted by Gasteiger charge is 2.12. The first-order valence-corrected chi connectivity index (χ1v) is 6.34. The lowest BCUT2D eigenvalue weighted by molar-refractivity contribution is 0.931. The van der Waals surface area contributed by atoms with Crippen molar-refractivity contribution in [2.75, 3.05) is 0 Å². The molecule has 0 aromatic carbocycles. The van der Waals surface area contributed by atoms with Crippen molar-refractivity contribution in [2.24, 2.45) is 0 Å². The Bertz CT molecular complexity index is 493. The van der Waals surface area contributed by atoms with Crippen molar-refractivity contribution >= 4 is 44.8 Å². The number of hydrogen-bond acceptors (Lipinski definition) is 3. The van der Waals surface area contributed by atoms with E-state index in [0.29, 0.717) is 11.0 Å². The Labute approximate surface area is 102 Å². The van der Waals surface area contributed by atoms with E-state index < -0.39 is 0 Å². The van der Waals surface area contributed by atoms with Crippen LogP contribution in [0.25, 0.3) is 10.2 Å². The zero-order valence-corrected chi connectivity index (χ0v) is 10.7. The molecule has 5 heteroatoms. The molecular formula is C10H10Cl2N2S.